The molecule has 0 saturated heterocycles. The molecule has 3 heterocycles. The minimum atomic E-state index is -0.259. The highest BCUT2D eigenvalue weighted by Crippen LogP contribution is 2.28. The van der Waals surface area contributed by atoms with Gasteiger partial charge in [0.05, 0.1) is 24.9 Å². The third-order valence-corrected chi connectivity index (χ3v) is 5.28. The Morgan fingerprint density at radius 2 is 1.74 bits per heavy atom. The SMILES string of the molecule is CCc1nn2c(nnc3c(=O)n(Cc4ccc(OC)cc4)cnc32)c1-c1ccccc1. The number of hydrogen-bond acceptors (Lipinski definition) is 6. The monoisotopic (exact) mass is 412 g/mol. The third-order valence-electron chi connectivity index (χ3n) is 5.28. The molecule has 8 heteroatoms. The van der Waals surface area contributed by atoms with E-state index in [1.165, 1.54) is 10.9 Å². The van der Waals surface area contributed by atoms with E-state index in [0.717, 1.165) is 34.6 Å². The molecule has 31 heavy (non-hydrogen) atoms. The topological polar surface area (TPSA) is 87.2 Å². The number of rotatable bonds is 5. The molecular formula is C23H20N6O2. The number of hydrogen-bond donors (Lipinski definition) is 0. The first-order valence-electron chi connectivity index (χ1n) is 10.0. The lowest BCUT2D eigenvalue weighted by Gasteiger charge is -2.07. The summed E-state index contributed by atoms with van der Waals surface area (Å²) in [5.74, 6) is 0.764. The van der Waals surface area contributed by atoms with Gasteiger partial charge in [0.15, 0.2) is 16.8 Å². The Kier molecular flexibility index (Phi) is 4.66. The van der Waals surface area contributed by atoms with Gasteiger partial charge in [0.1, 0.15) is 12.1 Å². The molecule has 0 amide bonds. The summed E-state index contributed by atoms with van der Waals surface area (Å²) in [7, 11) is 1.62. The summed E-state index contributed by atoms with van der Waals surface area (Å²) in [6, 6.07) is 17.5. The van der Waals surface area contributed by atoms with E-state index in [-0.39, 0.29) is 11.1 Å². The van der Waals surface area contributed by atoms with Gasteiger partial charge in [-0.2, -0.15) is 9.61 Å². The van der Waals surface area contributed by atoms with E-state index in [1.54, 1.807) is 11.6 Å². The number of methoxy groups -OCH3 is 1. The van der Waals surface area contributed by atoms with Crippen LogP contribution in [0.25, 0.3) is 27.9 Å². The van der Waals surface area contributed by atoms with Crippen LogP contribution in [0, 0.1) is 0 Å². The van der Waals surface area contributed by atoms with E-state index < -0.39 is 0 Å². The molecule has 0 spiro atoms. The van der Waals surface area contributed by atoms with Crippen LogP contribution in [0.2, 0.25) is 0 Å². The molecule has 0 aliphatic heterocycles. The fraction of sp³-hybridized carbons (Fsp3) is 0.174. The molecule has 0 atom stereocenters. The summed E-state index contributed by atoms with van der Waals surface area (Å²) in [5.41, 5.74) is 4.69. The number of fused-ring (bicyclic) bond motifs is 3. The lowest BCUT2D eigenvalue weighted by Crippen LogP contribution is -2.23. The quantitative estimate of drug-likeness (QED) is 0.441. The van der Waals surface area contributed by atoms with Crippen LogP contribution in [0.5, 0.6) is 5.75 Å². The Morgan fingerprint density at radius 1 is 0.968 bits per heavy atom. The highest BCUT2D eigenvalue weighted by atomic mass is 16.5. The second-order valence-corrected chi connectivity index (χ2v) is 7.17. The number of ether oxygens (including phenoxy) is 1. The van der Waals surface area contributed by atoms with Crippen molar-refractivity contribution in [1.82, 2.24) is 29.4 Å². The maximum Gasteiger partial charge on any atom is 0.283 e. The molecule has 0 saturated carbocycles. The smallest absolute Gasteiger partial charge is 0.283 e. The lowest BCUT2D eigenvalue weighted by atomic mass is 10.0. The van der Waals surface area contributed by atoms with Gasteiger partial charge in [-0.1, -0.05) is 49.4 Å². The Hall–Kier alpha value is -4.07. The van der Waals surface area contributed by atoms with Crippen LogP contribution in [-0.4, -0.2) is 36.5 Å². The van der Waals surface area contributed by atoms with Crippen molar-refractivity contribution in [3.8, 4) is 16.9 Å². The van der Waals surface area contributed by atoms with E-state index in [9.17, 15) is 4.79 Å². The molecule has 8 nitrogen and oxygen atoms in total. The first-order chi connectivity index (χ1) is 15.2. The lowest BCUT2D eigenvalue weighted by molar-refractivity contribution is 0.414. The van der Waals surface area contributed by atoms with Crippen molar-refractivity contribution in [2.45, 2.75) is 19.9 Å². The van der Waals surface area contributed by atoms with Crippen LogP contribution >= 0.6 is 0 Å². The van der Waals surface area contributed by atoms with Gasteiger partial charge in [-0.25, -0.2) is 4.98 Å². The zero-order valence-electron chi connectivity index (χ0n) is 17.2. The number of benzene rings is 2. The van der Waals surface area contributed by atoms with Crippen LogP contribution < -0.4 is 10.3 Å². The Morgan fingerprint density at radius 3 is 2.45 bits per heavy atom. The molecule has 0 bridgehead atoms. The molecule has 3 aromatic heterocycles. The molecule has 5 aromatic rings. The van der Waals surface area contributed by atoms with E-state index in [1.807, 2.05) is 61.5 Å². The van der Waals surface area contributed by atoms with Crippen LogP contribution in [-0.2, 0) is 13.0 Å². The molecule has 0 radical (unpaired) electrons. The van der Waals surface area contributed by atoms with Gasteiger partial charge in [-0.05, 0) is 29.7 Å². The Balaban J connectivity index is 1.64. The largest absolute Gasteiger partial charge is 0.497 e. The minimum absolute atomic E-state index is 0.188. The van der Waals surface area contributed by atoms with Crippen molar-refractivity contribution in [2.75, 3.05) is 7.11 Å². The van der Waals surface area contributed by atoms with Crippen molar-refractivity contribution in [3.05, 3.63) is 82.5 Å². The fourth-order valence-corrected chi connectivity index (χ4v) is 3.69. The second-order valence-electron chi connectivity index (χ2n) is 7.17. The zero-order valence-corrected chi connectivity index (χ0v) is 17.2. The number of aromatic nitrogens is 6. The molecule has 0 N–H and O–H groups in total. The van der Waals surface area contributed by atoms with Crippen molar-refractivity contribution in [1.29, 1.82) is 0 Å². The molecule has 0 aliphatic carbocycles. The maximum absolute atomic E-state index is 13.1. The van der Waals surface area contributed by atoms with Gasteiger partial charge in [0.2, 0.25) is 0 Å². The second kappa shape index (κ2) is 7.64. The molecule has 0 fully saturated rings. The van der Waals surface area contributed by atoms with Gasteiger partial charge in [-0.15, -0.1) is 10.2 Å². The standard InChI is InChI=1S/C23H20N6O2/c1-3-18-19(16-7-5-4-6-8-16)21-26-25-20-22(29(21)27-18)24-14-28(23(20)30)13-15-9-11-17(31-2)12-10-15/h4-12,14H,3,13H2,1-2H3. The summed E-state index contributed by atoms with van der Waals surface area (Å²) in [6.45, 7) is 2.42. The first-order valence-corrected chi connectivity index (χ1v) is 10.0. The summed E-state index contributed by atoms with van der Waals surface area (Å²) >= 11 is 0. The summed E-state index contributed by atoms with van der Waals surface area (Å²) < 4.78 is 8.33. The van der Waals surface area contributed by atoms with Crippen molar-refractivity contribution < 1.29 is 4.74 Å². The van der Waals surface area contributed by atoms with Crippen molar-refractivity contribution in [2.24, 2.45) is 0 Å². The number of nitrogens with zero attached hydrogens (tertiary/aromatic N) is 6. The Bertz CT molecular complexity index is 1440. The first kappa shape index (κ1) is 18.9. The highest BCUT2D eigenvalue weighted by molar-refractivity contribution is 5.83. The van der Waals surface area contributed by atoms with Gasteiger partial charge >= 0.3 is 0 Å². The highest BCUT2D eigenvalue weighted by Gasteiger charge is 2.19. The van der Waals surface area contributed by atoms with Gasteiger partial charge < -0.3 is 4.74 Å². The van der Waals surface area contributed by atoms with Crippen LogP contribution in [0.15, 0.2) is 65.7 Å². The molecular weight excluding hydrogens is 392 g/mol. The predicted molar refractivity (Wildman–Crippen MR) is 117 cm³/mol. The van der Waals surface area contributed by atoms with Crippen molar-refractivity contribution in [3.63, 3.8) is 0 Å². The zero-order chi connectivity index (χ0) is 21.4. The fourth-order valence-electron chi connectivity index (χ4n) is 3.69. The number of aryl methyl sites for hydroxylation is 1. The van der Waals surface area contributed by atoms with Gasteiger partial charge in [0.25, 0.3) is 5.56 Å². The minimum Gasteiger partial charge on any atom is -0.497 e. The van der Waals surface area contributed by atoms with E-state index >= 15 is 0 Å². The van der Waals surface area contributed by atoms with Crippen LogP contribution in [0.4, 0.5) is 0 Å². The predicted octanol–water partition coefficient (Wildman–Crippen LogP) is 3.12. The summed E-state index contributed by atoms with van der Waals surface area (Å²) in [4.78, 5) is 17.6. The van der Waals surface area contributed by atoms with E-state index in [2.05, 4.69) is 15.2 Å². The molecule has 0 unspecified atom stereocenters. The molecule has 2 aromatic carbocycles. The van der Waals surface area contributed by atoms with Gasteiger partial charge in [0, 0.05) is 0 Å². The average Bonchev–Trinajstić information content (AvgIpc) is 3.21. The third kappa shape index (κ3) is 3.22. The van der Waals surface area contributed by atoms with Crippen LogP contribution in [0.1, 0.15) is 18.2 Å². The summed E-state index contributed by atoms with van der Waals surface area (Å²) in [6.07, 6.45) is 2.26. The Labute approximate surface area is 177 Å². The van der Waals surface area contributed by atoms with E-state index in [0.29, 0.717) is 17.8 Å². The summed E-state index contributed by atoms with van der Waals surface area (Å²) in [5, 5.41) is 13.3. The van der Waals surface area contributed by atoms with Crippen molar-refractivity contribution >= 4 is 16.8 Å². The molecule has 5 rings (SSSR count). The average molecular weight is 412 g/mol. The maximum atomic E-state index is 13.1. The van der Waals surface area contributed by atoms with E-state index in [4.69, 9.17) is 9.84 Å². The van der Waals surface area contributed by atoms with Crippen LogP contribution in [0.3, 0.4) is 0 Å². The normalized spacial score (nSPS) is 11.3. The molecule has 0 aliphatic rings. The molecule has 154 valence electrons. The van der Waals surface area contributed by atoms with Gasteiger partial charge in [-0.3, -0.25) is 9.36 Å².